The Morgan fingerprint density at radius 1 is 1.27 bits per heavy atom. The second-order valence-electron chi connectivity index (χ2n) is 7.65. The van der Waals surface area contributed by atoms with Crippen molar-refractivity contribution >= 4 is 26.8 Å². The van der Waals surface area contributed by atoms with Gasteiger partial charge in [-0.05, 0) is 37.7 Å². The van der Waals surface area contributed by atoms with E-state index in [2.05, 4.69) is 31.0 Å². The van der Waals surface area contributed by atoms with Gasteiger partial charge in [-0.3, -0.25) is 4.40 Å². The zero-order valence-electron chi connectivity index (χ0n) is 14.7. The predicted molar refractivity (Wildman–Crippen MR) is 99.5 cm³/mol. The summed E-state index contributed by atoms with van der Waals surface area (Å²) in [7, 11) is -3.15. The molecule has 26 heavy (non-hydrogen) atoms. The summed E-state index contributed by atoms with van der Waals surface area (Å²) in [6.07, 6.45) is 9.96. The van der Waals surface area contributed by atoms with E-state index < -0.39 is 10.0 Å². The molecule has 0 spiro atoms. The molecule has 3 heterocycles. The second kappa shape index (κ2) is 5.79. The van der Waals surface area contributed by atoms with E-state index in [1.807, 2.05) is 18.5 Å². The van der Waals surface area contributed by atoms with Gasteiger partial charge in [0.15, 0.2) is 11.3 Å². The molecular formula is C18H23N5O2S. The molecule has 138 valence electrons. The number of imidazole rings is 1. The average Bonchev–Trinajstić information content (AvgIpc) is 3.06. The highest BCUT2D eigenvalue weighted by molar-refractivity contribution is 7.90. The monoisotopic (exact) mass is 373 g/mol. The topological polar surface area (TPSA) is 92.2 Å². The van der Waals surface area contributed by atoms with E-state index >= 15 is 0 Å². The zero-order chi connectivity index (χ0) is 17.9. The van der Waals surface area contributed by atoms with Crippen LogP contribution >= 0.6 is 0 Å². The highest BCUT2D eigenvalue weighted by Gasteiger charge is 2.41. The lowest BCUT2D eigenvalue weighted by Crippen LogP contribution is -2.35. The third-order valence-electron chi connectivity index (χ3n) is 5.96. The zero-order valence-corrected chi connectivity index (χ0v) is 15.5. The van der Waals surface area contributed by atoms with Crippen molar-refractivity contribution in [3.05, 3.63) is 30.4 Å². The fraction of sp³-hybridized carbons (Fsp3) is 0.556. The molecule has 3 atom stereocenters. The first-order chi connectivity index (χ1) is 12.6. The number of nitrogens with zero attached hydrogens (tertiary/aromatic N) is 3. The van der Waals surface area contributed by atoms with E-state index in [9.17, 15) is 8.42 Å². The summed E-state index contributed by atoms with van der Waals surface area (Å²) in [5, 5.41) is -0.164. The fourth-order valence-corrected chi connectivity index (χ4v) is 6.10. The summed E-state index contributed by atoms with van der Waals surface area (Å²) in [4.78, 5) is 12.1. The van der Waals surface area contributed by atoms with Crippen LogP contribution in [-0.4, -0.2) is 39.1 Å². The van der Waals surface area contributed by atoms with Crippen LogP contribution in [0.3, 0.4) is 0 Å². The Labute approximate surface area is 152 Å². The molecule has 2 saturated carbocycles. The number of sulfonamides is 1. The average molecular weight is 373 g/mol. The minimum absolute atomic E-state index is 0.0182. The number of H-pyrrole nitrogens is 1. The van der Waals surface area contributed by atoms with Crippen molar-refractivity contribution in [3.63, 3.8) is 0 Å². The van der Waals surface area contributed by atoms with Crippen LogP contribution in [0.5, 0.6) is 0 Å². The van der Waals surface area contributed by atoms with Crippen molar-refractivity contribution in [2.45, 2.75) is 56.2 Å². The molecule has 7 nitrogen and oxygen atoms in total. The van der Waals surface area contributed by atoms with Gasteiger partial charge in [0.2, 0.25) is 10.0 Å². The van der Waals surface area contributed by atoms with Crippen LogP contribution in [0.25, 0.3) is 16.8 Å². The van der Waals surface area contributed by atoms with Crippen LogP contribution < -0.4 is 4.72 Å². The van der Waals surface area contributed by atoms with Gasteiger partial charge >= 0.3 is 0 Å². The molecule has 0 aromatic carbocycles. The maximum atomic E-state index is 12.3. The smallest absolute Gasteiger partial charge is 0.214 e. The molecule has 0 radical (unpaired) electrons. The van der Waals surface area contributed by atoms with Gasteiger partial charge in [-0.2, -0.15) is 0 Å². The molecule has 0 saturated heterocycles. The van der Waals surface area contributed by atoms with Gasteiger partial charge < -0.3 is 4.98 Å². The van der Waals surface area contributed by atoms with E-state index in [0.717, 1.165) is 54.6 Å². The van der Waals surface area contributed by atoms with Crippen molar-refractivity contribution in [1.29, 1.82) is 0 Å². The van der Waals surface area contributed by atoms with Crippen LogP contribution in [0.1, 0.15) is 50.6 Å². The number of aromatic amines is 1. The number of hydrogen-bond donors (Lipinski definition) is 2. The highest BCUT2D eigenvalue weighted by atomic mass is 32.2. The first kappa shape index (κ1) is 16.3. The summed E-state index contributed by atoms with van der Waals surface area (Å²) >= 11 is 0. The van der Waals surface area contributed by atoms with E-state index in [1.165, 1.54) is 0 Å². The van der Waals surface area contributed by atoms with Crippen LogP contribution in [-0.2, 0) is 10.0 Å². The number of rotatable bonds is 5. The van der Waals surface area contributed by atoms with Gasteiger partial charge in [0.05, 0.1) is 17.0 Å². The van der Waals surface area contributed by atoms with E-state index in [0.29, 0.717) is 11.8 Å². The quantitative estimate of drug-likeness (QED) is 0.719. The Kier molecular flexibility index (Phi) is 3.62. The number of nitrogens with one attached hydrogen (secondary N) is 2. The molecule has 2 N–H and O–H groups in total. The van der Waals surface area contributed by atoms with Gasteiger partial charge in [0.25, 0.3) is 0 Å². The van der Waals surface area contributed by atoms with E-state index in [1.54, 1.807) is 6.20 Å². The summed E-state index contributed by atoms with van der Waals surface area (Å²) in [5.74, 6) is 0.742. The van der Waals surface area contributed by atoms with Gasteiger partial charge in [-0.15, -0.1) is 0 Å². The second-order valence-corrected chi connectivity index (χ2v) is 9.64. The standard InChI is InChI=1S/C18H23N5O2S/c1-2-11-7-12(22-26(24,25)13-3-4-13)8-14(11)16-9-20-17-10-21-18-15(23(16)17)5-6-19-18/h5-6,9-14,19,22H,2-4,7-8H2,1H3/t11-,12?,14+/m1/s1. The van der Waals surface area contributed by atoms with E-state index in [-0.39, 0.29) is 11.3 Å². The third-order valence-corrected chi connectivity index (χ3v) is 7.97. The molecule has 1 unspecified atom stereocenters. The predicted octanol–water partition coefficient (Wildman–Crippen LogP) is 2.56. The van der Waals surface area contributed by atoms with Crippen molar-refractivity contribution < 1.29 is 8.42 Å². The summed E-state index contributed by atoms with van der Waals surface area (Å²) in [5.41, 5.74) is 3.86. The SMILES string of the molecule is CC[C@@H]1CC(NS(=O)(=O)C2CC2)C[C@@H]1c1cnc2cnc3[nH]ccc3n12. The van der Waals surface area contributed by atoms with Crippen LogP contribution in [0.15, 0.2) is 24.7 Å². The number of hydrogen-bond acceptors (Lipinski definition) is 4. The maximum absolute atomic E-state index is 12.3. The molecule has 3 aromatic heterocycles. The van der Waals surface area contributed by atoms with Crippen LogP contribution in [0.2, 0.25) is 0 Å². The summed E-state index contributed by atoms with van der Waals surface area (Å²) in [6.45, 7) is 2.19. The lowest BCUT2D eigenvalue weighted by molar-refractivity contribution is 0.457. The Balaban J connectivity index is 1.50. The fourth-order valence-electron chi connectivity index (χ4n) is 4.50. The Hall–Kier alpha value is -1.93. The molecule has 8 heteroatoms. The first-order valence-electron chi connectivity index (χ1n) is 9.37. The van der Waals surface area contributed by atoms with Gasteiger partial charge in [-0.1, -0.05) is 13.3 Å². The third kappa shape index (κ3) is 2.54. The lowest BCUT2D eigenvalue weighted by Gasteiger charge is -2.17. The van der Waals surface area contributed by atoms with Gasteiger partial charge in [0, 0.05) is 30.0 Å². The van der Waals surface area contributed by atoms with E-state index in [4.69, 9.17) is 0 Å². The molecule has 3 aromatic rings. The molecular weight excluding hydrogens is 350 g/mol. The lowest BCUT2D eigenvalue weighted by atomic mass is 9.91. The highest BCUT2D eigenvalue weighted by Crippen LogP contribution is 2.43. The minimum Gasteiger partial charge on any atom is -0.345 e. The van der Waals surface area contributed by atoms with Gasteiger partial charge in [0.1, 0.15) is 0 Å². The Morgan fingerprint density at radius 2 is 2.12 bits per heavy atom. The first-order valence-corrected chi connectivity index (χ1v) is 10.9. The summed E-state index contributed by atoms with van der Waals surface area (Å²) in [6, 6.07) is 2.04. The van der Waals surface area contributed by atoms with Crippen molar-refractivity contribution in [2.24, 2.45) is 5.92 Å². The van der Waals surface area contributed by atoms with Crippen LogP contribution in [0.4, 0.5) is 0 Å². The summed E-state index contributed by atoms with van der Waals surface area (Å²) < 4.78 is 29.8. The molecule has 5 rings (SSSR count). The molecule has 2 fully saturated rings. The molecule has 2 aliphatic rings. The van der Waals surface area contributed by atoms with Crippen molar-refractivity contribution in [1.82, 2.24) is 24.1 Å². The van der Waals surface area contributed by atoms with Crippen molar-refractivity contribution in [2.75, 3.05) is 0 Å². The molecule has 0 amide bonds. The normalized spacial score (nSPS) is 26.9. The number of aromatic nitrogens is 4. The maximum Gasteiger partial charge on any atom is 0.214 e. The molecule has 0 bridgehead atoms. The molecule has 0 aliphatic heterocycles. The minimum atomic E-state index is -3.15. The van der Waals surface area contributed by atoms with Crippen molar-refractivity contribution in [3.8, 4) is 0 Å². The molecule has 2 aliphatic carbocycles. The van der Waals surface area contributed by atoms with Crippen LogP contribution in [0, 0.1) is 5.92 Å². The van der Waals surface area contributed by atoms with Gasteiger partial charge in [-0.25, -0.2) is 23.1 Å². The number of fused-ring (bicyclic) bond motifs is 3. The Bertz CT molecular complexity index is 1070. The Morgan fingerprint density at radius 3 is 2.88 bits per heavy atom. The largest absolute Gasteiger partial charge is 0.345 e.